The first-order valence-corrected chi connectivity index (χ1v) is 11.0. The molecule has 3 aromatic rings. The van der Waals surface area contributed by atoms with Crippen molar-refractivity contribution in [3.63, 3.8) is 0 Å². The van der Waals surface area contributed by atoms with Crippen LogP contribution in [0.3, 0.4) is 0 Å². The molecule has 4 rings (SSSR count). The molecule has 0 saturated carbocycles. The van der Waals surface area contributed by atoms with Crippen molar-refractivity contribution < 1.29 is 24.2 Å². The van der Waals surface area contributed by atoms with E-state index in [9.17, 15) is 19.5 Å². The van der Waals surface area contributed by atoms with E-state index in [4.69, 9.17) is 4.74 Å². The minimum absolute atomic E-state index is 0.0678. The minimum Gasteiger partial charge on any atom is -0.481 e. The minimum atomic E-state index is -1.28. The summed E-state index contributed by atoms with van der Waals surface area (Å²) in [5, 5.41) is 14.4. The van der Waals surface area contributed by atoms with Crippen LogP contribution in [0.2, 0.25) is 0 Å². The number of ether oxygens (including phenoxy) is 1. The van der Waals surface area contributed by atoms with E-state index < -0.39 is 30.4 Å². The van der Waals surface area contributed by atoms with Gasteiger partial charge in [-0.25, -0.2) is 4.79 Å². The Morgan fingerprint density at radius 2 is 1.56 bits per heavy atom. The number of hydrogen-bond acceptors (Lipinski definition) is 4. The van der Waals surface area contributed by atoms with Crippen LogP contribution in [0.1, 0.15) is 34.6 Å². The number of amides is 2. The fourth-order valence-electron chi connectivity index (χ4n) is 4.34. The Balaban J connectivity index is 1.43. The third-order valence-electron chi connectivity index (χ3n) is 5.97. The number of carbonyl (C=O) groups excluding carboxylic acids is 2. The van der Waals surface area contributed by atoms with Crippen LogP contribution >= 0.6 is 0 Å². The molecule has 0 radical (unpaired) electrons. The van der Waals surface area contributed by atoms with Gasteiger partial charge in [-0.2, -0.15) is 0 Å². The molecule has 7 heteroatoms. The second-order valence-electron chi connectivity index (χ2n) is 8.43. The molecule has 0 aliphatic heterocycles. The van der Waals surface area contributed by atoms with Gasteiger partial charge in [0.05, 0.1) is 6.42 Å². The van der Waals surface area contributed by atoms with Crippen LogP contribution in [-0.4, -0.2) is 35.7 Å². The van der Waals surface area contributed by atoms with Crippen LogP contribution in [0.15, 0.2) is 66.7 Å². The van der Waals surface area contributed by atoms with Crippen molar-refractivity contribution in [2.75, 3.05) is 11.9 Å². The fourth-order valence-corrected chi connectivity index (χ4v) is 4.34. The maximum atomic E-state index is 12.8. The van der Waals surface area contributed by atoms with E-state index in [1.807, 2.05) is 74.5 Å². The van der Waals surface area contributed by atoms with Gasteiger partial charge in [0.25, 0.3) is 0 Å². The zero-order valence-corrected chi connectivity index (χ0v) is 19.0. The number of anilines is 1. The molecule has 0 spiro atoms. The van der Waals surface area contributed by atoms with Gasteiger partial charge in [0.1, 0.15) is 12.6 Å². The Hall–Kier alpha value is -4.13. The lowest BCUT2D eigenvalue weighted by Crippen LogP contribution is -2.45. The van der Waals surface area contributed by atoms with Gasteiger partial charge in [0.2, 0.25) is 5.91 Å². The highest BCUT2D eigenvalue weighted by atomic mass is 16.5. The molecule has 0 saturated heterocycles. The summed E-state index contributed by atoms with van der Waals surface area (Å²) in [6.07, 6.45) is -1.41. The van der Waals surface area contributed by atoms with Crippen molar-refractivity contribution >= 4 is 23.7 Å². The molecule has 3 N–H and O–H groups in total. The fraction of sp³-hybridized carbons (Fsp3) is 0.222. The summed E-state index contributed by atoms with van der Waals surface area (Å²) in [5.74, 6) is -1.97. The third-order valence-corrected chi connectivity index (χ3v) is 5.97. The summed E-state index contributed by atoms with van der Waals surface area (Å²) >= 11 is 0. The highest BCUT2D eigenvalue weighted by molar-refractivity contribution is 5.99. The number of alkyl carbamates (subject to hydrolysis) is 1. The molecule has 0 fully saturated rings. The van der Waals surface area contributed by atoms with Crippen molar-refractivity contribution in [1.82, 2.24) is 5.32 Å². The zero-order valence-electron chi connectivity index (χ0n) is 19.0. The largest absolute Gasteiger partial charge is 0.481 e. The van der Waals surface area contributed by atoms with Gasteiger partial charge in [0, 0.05) is 11.6 Å². The molecule has 174 valence electrons. The molecule has 1 atom stereocenters. The number of rotatable bonds is 7. The number of aliphatic carboxylic acids is 1. The Morgan fingerprint density at radius 3 is 2.15 bits per heavy atom. The molecular formula is C27H26N2O5. The predicted octanol–water partition coefficient (Wildman–Crippen LogP) is 4.62. The number of carboxylic acids is 1. The standard InChI is InChI=1S/C27H26N2O5/c1-16-11-12-23(17(2)13-16)28-26(32)24(14-25(30)31)29-27(33)34-15-22-20-9-5-3-7-18(20)19-8-4-6-10-21(19)22/h3-13,22,24H,14-15H2,1-2H3,(H,28,32)(H,29,33)(H,30,31). The first-order chi connectivity index (χ1) is 16.3. The number of nitrogens with one attached hydrogen (secondary N) is 2. The monoisotopic (exact) mass is 458 g/mol. The average molecular weight is 459 g/mol. The van der Waals surface area contributed by atoms with Crippen molar-refractivity contribution in [1.29, 1.82) is 0 Å². The van der Waals surface area contributed by atoms with Crippen LogP contribution in [0.5, 0.6) is 0 Å². The van der Waals surface area contributed by atoms with Crippen LogP contribution in [0.25, 0.3) is 11.1 Å². The van der Waals surface area contributed by atoms with Gasteiger partial charge in [-0.3, -0.25) is 9.59 Å². The van der Waals surface area contributed by atoms with E-state index in [1.54, 1.807) is 6.07 Å². The van der Waals surface area contributed by atoms with Crippen LogP contribution < -0.4 is 10.6 Å². The quantitative estimate of drug-likeness (QED) is 0.479. The van der Waals surface area contributed by atoms with Gasteiger partial charge < -0.3 is 20.5 Å². The Kier molecular flexibility index (Phi) is 6.63. The van der Waals surface area contributed by atoms with Crippen LogP contribution in [-0.2, 0) is 14.3 Å². The molecular weight excluding hydrogens is 432 g/mol. The van der Waals surface area contributed by atoms with Gasteiger partial charge in [0.15, 0.2) is 0 Å². The number of carboxylic acid groups (broad SMARTS) is 1. The summed E-state index contributed by atoms with van der Waals surface area (Å²) in [6, 6.07) is 20.1. The molecule has 1 aliphatic rings. The molecule has 0 heterocycles. The zero-order chi connectivity index (χ0) is 24.2. The average Bonchev–Trinajstić information content (AvgIpc) is 3.12. The van der Waals surface area contributed by atoms with E-state index in [0.717, 1.165) is 33.4 Å². The highest BCUT2D eigenvalue weighted by Gasteiger charge is 2.30. The lowest BCUT2D eigenvalue weighted by molar-refractivity contribution is -0.139. The van der Waals surface area contributed by atoms with Gasteiger partial charge >= 0.3 is 12.1 Å². The lowest BCUT2D eigenvalue weighted by atomic mass is 9.98. The summed E-state index contributed by atoms with van der Waals surface area (Å²) in [4.78, 5) is 36.7. The van der Waals surface area contributed by atoms with E-state index in [1.165, 1.54) is 0 Å². The Morgan fingerprint density at radius 1 is 0.941 bits per heavy atom. The lowest BCUT2D eigenvalue weighted by Gasteiger charge is -2.19. The van der Waals surface area contributed by atoms with Crippen molar-refractivity contribution in [3.8, 4) is 11.1 Å². The topological polar surface area (TPSA) is 105 Å². The summed E-state index contributed by atoms with van der Waals surface area (Å²) in [5.41, 5.74) is 6.75. The van der Waals surface area contributed by atoms with E-state index in [-0.39, 0.29) is 12.5 Å². The summed E-state index contributed by atoms with van der Waals surface area (Å²) in [6.45, 7) is 3.84. The molecule has 3 aromatic carbocycles. The van der Waals surface area contributed by atoms with E-state index >= 15 is 0 Å². The third kappa shape index (κ3) is 4.93. The Bertz CT molecular complexity index is 1210. The molecule has 0 aromatic heterocycles. The smallest absolute Gasteiger partial charge is 0.407 e. The van der Waals surface area contributed by atoms with Gasteiger partial charge in [-0.05, 0) is 47.7 Å². The van der Waals surface area contributed by atoms with Gasteiger partial charge in [-0.1, -0.05) is 66.2 Å². The van der Waals surface area contributed by atoms with E-state index in [2.05, 4.69) is 10.6 Å². The molecule has 2 amide bonds. The molecule has 1 aliphatic carbocycles. The van der Waals surface area contributed by atoms with E-state index in [0.29, 0.717) is 5.69 Å². The SMILES string of the molecule is Cc1ccc(NC(=O)C(CC(=O)O)NC(=O)OCC2c3ccccc3-c3ccccc32)c(C)c1. The first-order valence-electron chi connectivity index (χ1n) is 11.0. The number of benzene rings is 3. The van der Waals surface area contributed by atoms with Crippen molar-refractivity contribution in [2.24, 2.45) is 0 Å². The normalized spacial score (nSPS) is 12.9. The van der Waals surface area contributed by atoms with Crippen LogP contribution in [0.4, 0.5) is 10.5 Å². The van der Waals surface area contributed by atoms with Crippen molar-refractivity contribution in [2.45, 2.75) is 32.2 Å². The van der Waals surface area contributed by atoms with Gasteiger partial charge in [-0.15, -0.1) is 0 Å². The highest BCUT2D eigenvalue weighted by Crippen LogP contribution is 2.44. The molecule has 0 bridgehead atoms. The number of carbonyl (C=O) groups is 3. The second-order valence-corrected chi connectivity index (χ2v) is 8.43. The maximum absolute atomic E-state index is 12.8. The molecule has 1 unspecified atom stereocenters. The maximum Gasteiger partial charge on any atom is 0.407 e. The number of fused-ring (bicyclic) bond motifs is 3. The second kappa shape index (κ2) is 9.79. The molecule has 7 nitrogen and oxygen atoms in total. The molecule has 34 heavy (non-hydrogen) atoms. The summed E-state index contributed by atoms with van der Waals surface area (Å²) in [7, 11) is 0. The Labute approximate surface area is 197 Å². The number of aryl methyl sites for hydroxylation is 2. The van der Waals surface area contributed by atoms with Crippen molar-refractivity contribution in [3.05, 3.63) is 89.0 Å². The summed E-state index contributed by atoms with van der Waals surface area (Å²) < 4.78 is 5.47. The first kappa shape index (κ1) is 23.0. The number of hydrogen-bond donors (Lipinski definition) is 3. The van der Waals surface area contributed by atoms with Crippen LogP contribution in [0, 0.1) is 13.8 Å². The predicted molar refractivity (Wildman–Crippen MR) is 129 cm³/mol.